The van der Waals surface area contributed by atoms with Crippen molar-refractivity contribution in [3.63, 3.8) is 0 Å². The van der Waals surface area contributed by atoms with Crippen molar-refractivity contribution in [3.8, 4) is 5.75 Å². The van der Waals surface area contributed by atoms with Crippen molar-refractivity contribution in [2.45, 2.75) is 70.9 Å². The molecule has 3 rings (SSSR count). The lowest BCUT2D eigenvalue weighted by Crippen LogP contribution is -2.30. The Labute approximate surface area is 185 Å². The molecule has 0 N–H and O–H groups in total. The van der Waals surface area contributed by atoms with Crippen molar-refractivity contribution in [1.82, 2.24) is 9.36 Å². The highest BCUT2D eigenvalue weighted by Crippen LogP contribution is 2.33. The molecule has 1 aromatic carbocycles. The van der Waals surface area contributed by atoms with E-state index in [4.69, 9.17) is 9.47 Å². The SMILES string of the molecule is COc1ccc(C(F)(F)F)cc1C(=O)/N=c1\cc(C(C)(C)C)n(C)n1CC1CC[C@H](C)O1. The van der Waals surface area contributed by atoms with Crippen molar-refractivity contribution in [3.05, 3.63) is 46.6 Å². The molecule has 0 aliphatic carbocycles. The summed E-state index contributed by atoms with van der Waals surface area (Å²) in [7, 11) is 3.19. The second-order valence-corrected chi connectivity index (χ2v) is 9.22. The van der Waals surface area contributed by atoms with Crippen molar-refractivity contribution in [1.29, 1.82) is 0 Å². The van der Waals surface area contributed by atoms with E-state index in [0.29, 0.717) is 12.0 Å². The first-order chi connectivity index (χ1) is 14.8. The summed E-state index contributed by atoms with van der Waals surface area (Å²) in [6, 6.07) is 4.61. The van der Waals surface area contributed by atoms with Crippen LogP contribution in [0, 0.1) is 0 Å². The van der Waals surface area contributed by atoms with Crippen LogP contribution in [0.3, 0.4) is 0 Å². The molecule has 1 aromatic heterocycles. The first-order valence-corrected chi connectivity index (χ1v) is 10.6. The third-order valence-corrected chi connectivity index (χ3v) is 5.68. The lowest BCUT2D eigenvalue weighted by Gasteiger charge is -2.22. The van der Waals surface area contributed by atoms with Crippen LogP contribution in [-0.4, -0.2) is 34.6 Å². The van der Waals surface area contributed by atoms with E-state index < -0.39 is 17.6 Å². The summed E-state index contributed by atoms with van der Waals surface area (Å²) in [4.78, 5) is 17.2. The first kappa shape index (κ1) is 24.1. The Balaban J connectivity index is 2.10. The van der Waals surface area contributed by atoms with Gasteiger partial charge in [-0.15, -0.1) is 0 Å². The molecule has 2 atom stereocenters. The number of hydrogen-bond acceptors (Lipinski definition) is 3. The normalized spacial score (nSPS) is 20.1. The molecule has 1 saturated heterocycles. The lowest BCUT2D eigenvalue weighted by molar-refractivity contribution is -0.137. The number of carbonyl (C=O) groups excluding carboxylic acids is 1. The van der Waals surface area contributed by atoms with Gasteiger partial charge >= 0.3 is 6.18 Å². The predicted octanol–water partition coefficient (Wildman–Crippen LogP) is 4.46. The van der Waals surface area contributed by atoms with Crippen LogP contribution in [0.5, 0.6) is 5.75 Å². The van der Waals surface area contributed by atoms with Gasteiger partial charge in [0.05, 0.1) is 37.0 Å². The van der Waals surface area contributed by atoms with Crippen LogP contribution in [0.15, 0.2) is 29.3 Å². The molecule has 6 nitrogen and oxygen atoms in total. The molecule has 0 radical (unpaired) electrons. The molecule has 1 amide bonds. The highest BCUT2D eigenvalue weighted by atomic mass is 19.4. The lowest BCUT2D eigenvalue weighted by atomic mass is 9.92. The van der Waals surface area contributed by atoms with Crippen molar-refractivity contribution in [2.24, 2.45) is 12.0 Å². The number of ether oxygens (including phenoxy) is 2. The molecular weight excluding hydrogens is 423 g/mol. The van der Waals surface area contributed by atoms with E-state index in [0.717, 1.165) is 36.7 Å². The molecule has 2 heterocycles. The zero-order chi connectivity index (χ0) is 23.8. The number of benzene rings is 1. The van der Waals surface area contributed by atoms with Gasteiger partial charge in [-0.05, 0) is 38.0 Å². The van der Waals surface area contributed by atoms with Gasteiger partial charge in [-0.1, -0.05) is 20.8 Å². The number of rotatable bonds is 4. The van der Waals surface area contributed by atoms with Gasteiger partial charge in [0.1, 0.15) is 5.75 Å². The Morgan fingerprint density at radius 1 is 1.22 bits per heavy atom. The molecule has 1 aliphatic rings. The van der Waals surface area contributed by atoms with E-state index in [1.54, 1.807) is 6.07 Å². The number of amides is 1. The van der Waals surface area contributed by atoms with E-state index in [1.165, 1.54) is 7.11 Å². The Morgan fingerprint density at radius 2 is 1.91 bits per heavy atom. The Hall–Kier alpha value is -2.55. The standard InChI is InChI=1S/C23H30F3N3O3/c1-14-7-9-16(32-14)13-29-20(12-19(28(29)5)22(2,3)4)27-21(30)17-11-15(23(24,25)26)8-10-18(17)31-6/h8,10-12,14,16H,7,9,13H2,1-6H3/b27-20+/t14-,16?/m0/s1. The van der Waals surface area contributed by atoms with Crippen LogP contribution in [-0.2, 0) is 29.9 Å². The number of aromatic nitrogens is 2. The molecule has 9 heteroatoms. The summed E-state index contributed by atoms with van der Waals surface area (Å²) in [6.07, 6.45) is -2.60. The first-order valence-electron chi connectivity index (χ1n) is 10.6. The van der Waals surface area contributed by atoms with Gasteiger partial charge in [0.15, 0.2) is 5.49 Å². The van der Waals surface area contributed by atoms with E-state index in [2.05, 4.69) is 4.99 Å². The second kappa shape index (κ2) is 8.77. The summed E-state index contributed by atoms with van der Waals surface area (Å²) >= 11 is 0. The molecule has 0 saturated carbocycles. The minimum absolute atomic E-state index is 0.0245. The summed E-state index contributed by atoms with van der Waals surface area (Å²) in [5.74, 6) is -0.758. The summed E-state index contributed by atoms with van der Waals surface area (Å²) in [6.45, 7) is 8.64. The molecule has 2 aromatic rings. The maximum atomic E-state index is 13.2. The summed E-state index contributed by atoms with van der Waals surface area (Å²) in [5.41, 5.74) is -0.0937. The van der Waals surface area contributed by atoms with Crippen LogP contribution in [0.4, 0.5) is 13.2 Å². The van der Waals surface area contributed by atoms with Crippen LogP contribution in [0.2, 0.25) is 0 Å². The highest BCUT2D eigenvalue weighted by Gasteiger charge is 2.32. The largest absolute Gasteiger partial charge is 0.496 e. The zero-order valence-electron chi connectivity index (χ0n) is 19.3. The summed E-state index contributed by atoms with van der Waals surface area (Å²) in [5, 5.41) is 0. The van der Waals surface area contributed by atoms with E-state index in [-0.39, 0.29) is 28.9 Å². The average molecular weight is 454 g/mol. The van der Waals surface area contributed by atoms with Gasteiger partial charge in [-0.3, -0.25) is 14.2 Å². The molecule has 1 aliphatic heterocycles. The van der Waals surface area contributed by atoms with Crippen LogP contribution < -0.4 is 10.2 Å². The van der Waals surface area contributed by atoms with Gasteiger partial charge in [0.2, 0.25) is 0 Å². The molecule has 176 valence electrons. The molecule has 0 bridgehead atoms. The van der Waals surface area contributed by atoms with Gasteiger partial charge in [0, 0.05) is 24.2 Å². The monoisotopic (exact) mass is 453 g/mol. The van der Waals surface area contributed by atoms with Crippen molar-refractivity contribution in [2.75, 3.05) is 7.11 Å². The van der Waals surface area contributed by atoms with Crippen LogP contribution >= 0.6 is 0 Å². The Morgan fingerprint density at radius 3 is 2.44 bits per heavy atom. The molecule has 1 fully saturated rings. The fourth-order valence-corrected chi connectivity index (χ4v) is 4.01. The van der Waals surface area contributed by atoms with Crippen LogP contribution in [0.25, 0.3) is 0 Å². The fourth-order valence-electron chi connectivity index (χ4n) is 4.01. The van der Waals surface area contributed by atoms with Crippen LogP contribution in [0.1, 0.15) is 62.2 Å². The summed E-state index contributed by atoms with van der Waals surface area (Å²) < 4.78 is 54.4. The zero-order valence-corrected chi connectivity index (χ0v) is 19.3. The quantitative estimate of drug-likeness (QED) is 0.687. The van der Waals surface area contributed by atoms with Gasteiger partial charge < -0.3 is 9.47 Å². The number of halogens is 3. The second-order valence-electron chi connectivity index (χ2n) is 9.22. The van der Waals surface area contributed by atoms with Crippen molar-refractivity contribution >= 4 is 5.91 Å². The minimum atomic E-state index is -4.58. The average Bonchev–Trinajstić information content (AvgIpc) is 3.24. The highest BCUT2D eigenvalue weighted by molar-refractivity contribution is 5.97. The van der Waals surface area contributed by atoms with E-state index >= 15 is 0 Å². The van der Waals surface area contributed by atoms with Gasteiger partial charge in [-0.2, -0.15) is 18.2 Å². The maximum absolute atomic E-state index is 13.2. The predicted molar refractivity (Wildman–Crippen MR) is 114 cm³/mol. The van der Waals surface area contributed by atoms with Gasteiger partial charge in [-0.25, -0.2) is 0 Å². The third-order valence-electron chi connectivity index (χ3n) is 5.68. The molecule has 32 heavy (non-hydrogen) atoms. The third kappa shape index (κ3) is 5.09. The number of nitrogens with zero attached hydrogens (tertiary/aromatic N) is 3. The van der Waals surface area contributed by atoms with E-state index in [1.807, 2.05) is 44.1 Å². The number of hydrogen-bond donors (Lipinski definition) is 0. The molecule has 0 spiro atoms. The Bertz CT molecular complexity index is 1060. The smallest absolute Gasteiger partial charge is 0.416 e. The van der Waals surface area contributed by atoms with E-state index in [9.17, 15) is 18.0 Å². The topological polar surface area (TPSA) is 57.8 Å². The number of alkyl halides is 3. The fraction of sp³-hybridized carbons (Fsp3) is 0.565. The number of carbonyl (C=O) groups is 1. The number of methoxy groups -OCH3 is 1. The Kier molecular flexibility index (Phi) is 6.60. The maximum Gasteiger partial charge on any atom is 0.416 e. The minimum Gasteiger partial charge on any atom is -0.496 e. The van der Waals surface area contributed by atoms with Gasteiger partial charge in [0.25, 0.3) is 5.91 Å². The van der Waals surface area contributed by atoms with Crippen molar-refractivity contribution < 1.29 is 27.4 Å². The molecule has 1 unspecified atom stereocenters. The molecular formula is C23H30F3N3O3.